The van der Waals surface area contributed by atoms with E-state index >= 15 is 0 Å². The Morgan fingerprint density at radius 2 is 1.67 bits per heavy atom. The minimum absolute atomic E-state index is 0.0473. The molecule has 5 N–H and O–H groups in total. The van der Waals surface area contributed by atoms with Crippen molar-refractivity contribution in [1.82, 2.24) is 25.8 Å². The monoisotopic (exact) mass is 707 g/mol. The van der Waals surface area contributed by atoms with Gasteiger partial charge in [-0.15, -0.1) is 0 Å². The van der Waals surface area contributed by atoms with Crippen LogP contribution in [0.1, 0.15) is 78.7 Å². The minimum Gasteiger partial charge on any atom is -0.508 e. The lowest BCUT2D eigenvalue weighted by Gasteiger charge is -2.28. The number of cyclic esters (lactones) is 1. The molecule has 11 nitrogen and oxygen atoms in total. The zero-order chi connectivity index (χ0) is 38.0. The van der Waals surface area contributed by atoms with Crippen LogP contribution in [0.15, 0.2) is 72.4 Å². The molecule has 2 heterocycles. The number of amides is 3. The highest BCUT2D eigenvalue weighted by atomic mass is 16.5. The second kappa shape index (κ2) is 26.2. The van der Waals surface area contributed by atoms with Crippen LogP contribution in [0.2, 0.25) is 0 Å². The minimum atomic E-state index is -0.825. The standard InChI is InChI=1S/C27H36N4O5.C6H6O.C5H13N.C2H6/c1-18-8-6-7-13-36-25(33)11-12-28-27(35)23(15-20-16-29-22-10-5-4-9-21(20)22)31(3)24(32)17-30-26(34)19(2)14-18;7-6-4-2-1-3-5-6;1-3-4-5-6-2;1-2/h4-5,8-10,16,19,23,29H,6-7,11-15,17H2,1-3H3,(H,28,35)(H,30,34);1-5,7H;6H,3-5H2,1-2H3;1-2H3/b18-8+;;;/t19?,23-;;;/m1.../s1. The van der Waals surface area contributed by atoms with Gasteiger partial charge in [-0.05, 0) is 70.0 Å². The number of unbranched alkanes of at least 4 members (excludes halogenated alkanes) is 1. The molecule has 0 fully saturated rings. The summed E-state index contributed by atoms with van der Waals surface area (Å²) in [6.45, 7) is 11.3. The van der Waals surface area contributed by atoms with Gasteiger partial charge in [0, 0.05) is 43.0 Å². The summed E-state index contributed by atoms with van der Waals surface area (Å²) in [4.78, 5) is 55.4. The third-order valence-electron chi connectivity index (χ3n) is 8.01. The molecule has 0 radical (unpaired) electrons. The molecule has 282 valence electrons. The van der Waals surface area contributed by atoms with Crippen LogP contribution in [0.3, 0.4) is 0 Å². The van der Waals surface area contributed by atoms with Crippen LogP contribution >= 0.6 is 0 Å². The number of hydrogen-bond donors (Lipinski definition) is 5. The molecule has 0 saturated heterocycles. The Kier molecular flexibility index (Phi) is 22.8. The fraction of sp³-hybridized carbons (Fsp3) is 0.500. The first-order valence-corrected chi connectivity index (χ1v) is 18.1. The zero-order valence-electron chi connectivity index (χ0n) is 31.7. The molecule has 2 aromatic carbocycles. The van der Waals surface area contributed by atoms with Crippen LogP contribution in [0.4, 0.5) is 0 Å². The predicted octanol–water partition coefficient (Wildman–Crippen LogP) is 5.89. The molecule has 0 saturated carbocycles. The number of aromatic amines is 1. The number of rotatable bonds is 5. The number of allylic oxidation sites excluding steroid dienone is 2. The molecule has 1 aromatic heterocycles. The summed E-state index contributed by atoms with van der Waals surface area (Å²) in [5, 5.41) is 18.2. The summed E-state index contributed by atoms with van der Waals surface area (Å²) in [5.41, 5.74) is 2.90. The number of para-hydroxylation sites is 2. The van der Waals surface area contributed by atoms with Crippen LogP contribution < -0.4 is 16.0 Å². The topological polar surface area (TPSA) is 153 Å². The number of phenolic OH excluding ortho intramolecular Hbond substituents is 1. The van der Waals surface area contributed by atoms with Gasteiger partial charge >= 0.3 is 5.97 Å². The summed E-state index contributed by atoms with van der Waals surface area (Å²) in [6.07, 6.45) is 8.79. The molecule has 2 atom stereocenters. The van der Waals surface area contributed by atoms with E-state index in [0.717, 1.165) is 35.0 Å². The van der Waals surface area contributed by atoms with Crippen LogP contribution in [-0.2, 0) is 30.3 Å². The molecule has 11 heteroatoms. The van der Waals surface area contributed by atoms with Crippen molar-refractivity contribution in [3.63, 3.8) is 0 Å². The van der Waals surface area contributed by atoms with Crippen LogP contribution in [0.5, 0.6) is 5.75 Å². The molecule has 0 spiro atoms. The van der Waals surface area contributed by atoms with Gasteiger partial charge in [-0.3, -0.25) is 19.2 Å². The lowest BCUT2D eigenvalue weighted by molar-refractivity contribution is -0.144. The number of esters is 1. The van der Waals surface area contributed by atoms with Gasteiger partial charge in [-0.1, -0.05) is 82.2 Å². The molecule has 3 aromatic rings. The van der Waals surface area contributed by atoms with E-state index in [0.29, 0.717) is 25.2 Å². The second-order valence-corrected chi connectivity index (χ2v) is 12.2. The van der Waals surface area contributed by atoms with Gasteiger partial charge in [-0.25, -0.2) is 0 Å². The van der Waals surface area contributed by atoms with Gasteiger partial charge < -0.3 is 35.7 Å². The molecule has 0 aliphatic carbocycles. The molecular weight excluding hydrogens is 646 g/mol. The first-order valence-electron chi connectivity index (χ1n) is 18.1. The summed E-state index contributed by atoms with van der Waals surface area (Å²) in [6, 6.07) is 15.6. The maximum atomic E-state index is 13.2. The number of carbonyl (C=O) groups excluding carboxylic acids is 4. The van der Waals surface area contributed by atoms with Crippen molar-refractivity contribution in [2.24, 2.45) is 5.92 Å². The van der Waals surface area contributed by atoms with Crippen LogP contribution in [-0.4, -0.2) is 85.1 Å². The van der Waals surface area contributed by atoms with E-state index in [1.807, 2.05) is 77.3 Å². The number of benzene rings is 2. The highest BCUT2D eigenvalue weighted by Crippen LogP contribution is 2.21. The SMILES string of the molecule is C/C1=C\CCCOC(=O)CCNC(=O)[C@@H](Cc2c[nH]c3ccccc23)N(C)C(=O)CNC(=O)C(C)C1.CC.CCCCNC.Oc1ccccc1. The van der Waals surface area contributed by atoms with Gasteiger partial charge in [0.25, 0.3) is 0 Å². The van der Waals surface area contributed by atoms with Crippen molar-refractivity contribution < 1.29 is 29.0 Å². The molecule has 51 heavy (non-hydrogen) atoms. The zero-order valence-corrected chi connectivity index (χ0v) is 31.7. The fourth-order valence-electron chi connectivity index (χ4n) is 5.09. The fourth-order valence-corrected chi connectivity index (χ4v) is 5.09. The lowest BCUT2D eigenvalue weighted by Crippen LogP contribution is -2.51. The number of hydrogen-bond acceptors (Lipinski definition) is 7. The van der Waals surface area contributed by atoms with E-state index in [-0.39, 0.29) is 55.5 Å². The van der Waals surface area contributed by atoms with Crippen LogP contribution in [0, 0.1) is 5.92 Å². The van der Waals surface area contributed by atoms with Gasteiger partial charge in [0.15, 0.2) is 0 Å². The Morgan fingerprint density at radius 1 is 0.980 bits per heavy atom. The third kappa shape index (κ3) is 17.7. The summed E-state index contributed by atoms with van der Waals surface area (Å²) < 4.78 is 5.26. The number of phenols is 1. The number of H-pyrrole nitrogens is 1. The summed E-state index contributed by atoms with van der Waals surface area (Å²) in [7, 11) is 3.54. The predicted molar refractivity (Wildman–Crippen MR) is 205 cm³/mol. The van der Waals surface area contributed by atoms with Crippen molar-refractivity contribution in [1.29, 1.82) is 0 Å². The van der Waals surface area contributed by atoms with E-state index in [9.17, 15) is 19.2 Å². The van der Waals surface area contributed by atoms with E-state index in [1.165, 1.54) is 17.7 Å². The maximum Gasteiger partial charge on any atom is 0.307 e. The number of fused-ring (bicyclic) bond motifs is 1. The highest BCUT2D eigenvalue weighted by Gasteiger charge is 2.28. The number of ether oxygens (including phenoxy) is 1. The number of carbonyl (C=O) groups is 4. The van der Waals surface area contributed by atoms with Gasteiger partial charge in [0.1, 0.15) is 11.8 Å². The third-order valence-corrected chi connectivity index (χ3v) is 8.01. The Bertz CT molecular complexity index is 1470. The van der Waals surface area contributed by atoms with Gasteiger partial charge in [0.2, 0.25) is 17.7 Å². The van der Waals surface area contributed by atoms with E-state index in [4.69, 9.17) is 9.84 Å². The second-order valence-electron chi connectivity index (χ2n) is 12.2. The number of nitrogens with zero attached hydrogens (tertiary/aromatic N) is 1. The Hall–Kier alpha value is -4.64. The van der Waals surface area contributed by atoms with E-state index in [1.54, 1.807) is 31.3 Å². The Morgan fingerprint density at radius 3 is 2.29 bits per heavy atom. The largest absolute Gasteiger partial charge is 0.508 e. The van der Waals surface area contributed by atoms with Crippen molar-refractivity contribution in [3.05, 3.63) is 78.0 Å². The first kappa shape index (κ1) is 44.4. The number of aromatic hydroxyl groups is 1. The molecule has 1 aliphatic heterocycles. The van der Waals surface area contributed by atoms with Crippen molar-refractivity contribution in [2.45, 2.75) is 85.6 Å². The first-order chi connectivity index (χ1) is 24.6. The molecule has 1 unspecified atom stereocenters. The van der Waals surface area contributed by atoms with Crippen molar-refractivity contribution in [2.75, 3.05) is 40.3 Å². The highest BCUT2D eigenvalue weighted by molar-refractivity contribution is 5.91. The normalized spacial score (nSPS) is 19.0. The molecule has 0 bridgehead atoms. The van der Waals surface area contributed by atoms with E-state index < -0.39 is 6.04 Å². The molecule has 4 rings (SSSR count). The molecule has 3 amide bonds. The number of aromatic nitrogens is 1. The van der Waals surface area contributed by atoms with Crippen LogP contribution in [0.25, 0.3) is 10.9 Å². The summed E-state index contributed by atoms with van der Waals surface area (Å²) in [5.74, 6) is -1.32. The lowest BCUT2D eigenvalue weighted by atomic mass is 10.0. The molecule has 1 aliphatic rings. The van der Waals surface area contributed by atoms with Gasteiger partial charge in [0.05, 0.1) is 19.6 Å². The molecular formula is C40H61N5O6. The smallest absolute Gasteiger partial charge is 0.307 e. The average Bonchev–Trinajstić information content (AvgIpc) is 3.55. The quantitative estimate of drug-likeness (QED) is 0.126. The van der Waals surface area contributed by atoms with Gasteiger partial charge in [-0.2, -0.15) is 0 Å². The van der Waals surface area contributed by atoms with E-state index in [2.05, 4.69) is 27.9 Å². The Balaban J connectivity index is 0.000000720. The summed E-state index contributed by atoms with van der Waals surface area (Å²) >= 11 is 0. The maximum absolute atomic E-state index is 13.2. The number of nitrogens with one attached hydrogen (secondary N) is 4. The average molecular weight is 708 g/mol. The Labute approximate surface area is 304 Å². The van der Waals surface area contributed by atoms with Crippen molar-refractivity contribution in [3.8, 4) is 5.75 Å². The van der Waals surface area contributed by atoms with Crippen molar-refractivity contribution >= 4 is 34.6 Å². The number of likely N-dealkylation sites (N-methyl/N-ethyl adjacent to an activating group) is 1.